The lowest BCUT2D eigenvalue weighted by atomic mass is 9.85. The van der Waals surface area contributed by atoms with Crippen LogP contribution in [0.3, 0.4) is 0 Å². The van der Waals surface area contributed by atoms with Gasteiger partial charge in [-0.05, 0) is 36.5 Å². The average molecular weight is 253 g/mol. The third kappa shape index (κ3) is 4.01. The van der Waals surface area contributed by atoms with Gasteiger partial charge in [0.25, 0.3) is 0 Å². The molecule has 1 atom stereocenters. The number of hydrogen-bond acceptors (Lipinski definition) is 1. The van der Waals surface area contributed by atoms with Crippen LogP contribution in [0.15, 0.2) is 24.3 Å². The van der Waals surface area contributed by atoms with E-state index >= 15 is 0 Å². The first-order chi connectivity index (χ1) is 8.25. The highest BCUT2D eigenvalue weighted by Gasteiger charge is 2.16. The van der Waals surface area contributed by atoms with E-state index in [0.29, 0.717) is 5.02 Å². The van der Waals surface area contributed by atoms with Crippen molar-refractivity contribution in [3.8, 4) is 0 Å². The first-order valence-electron chi connectivity index (χ1n) is 6.69. The maximum atomic E-state index is 10.1. The van der Waals surface area contributed by atoms with Crippen LogP contribution in [0.5, 0.6) is 0 Å². The number of hydrogen-bond donors (Lipinski definition) is 1. The van der Waals surface area contributed by atoms with Crippen molar-refractivity contribution in [2.24, 2.45) is 5.92 Å². The first-order valence-corrected chi connectivity index (χ1v) is 7.07. The van der Waals surface area contributed by atoms with Crippen LogP contribution in [0.4, 0.5) is 0 Å². The molecule has 94 valence electrons. The first kappa shape index (κ1) is 12.9. The zero-order valence-corrected chi connectivity index (χ0v) is 11.0. The molecule has 1 N–H and O–H groups in total. The molecule has 0 heterocycles. The van der Waals surface area contributed by atoms with Gasteiger partial charge >= 0.3 is 0 Å². The molecule has 0 radical (unpaired) electrons. The molecule has 0 bridgehead atoms. The summed E-state index contributed by atoms with van der Waals surface area (Å²) in [5.74, 6) is 0.831. The Kier molecular flexibility index (Phi) is 4.87. The monoisotopic (exact) mass is 252 g/mol. The molecule has 0 aromatic heterocycles. The van der Waals surface area contributed by atoms with Crippen LogP contribution in [-0.2, 0) is 0 Å². The van der Waals surface area contributed by atoms with E-state index in [4.69, 9.17) is 11.6 Å². The highest BCUT2D eigenvalue weighted by Crippen LogP contribution is 2.30. The summed E-state index contributed by atoms with van der Waals surface area (Å²) < 4.78 is 0. The number of halogens is 1. The summed E-state index contributed by atoms with van der Waals surface area (Å²) in [4.78, 5) is 0. The van der Waals surface area contributed by atoms with Gasteiger partial charge in [0, 0.05) is 5.02 Å². The van der Waals surface area contributed by atoms with E-state index in [-0.39, 0.29) is 6.10 Å². The fraction of sp³-hybridized carbons (Fsp3) is 0.600. The number of aliphatic hydroxyl groups is 1. The Morgan fingerprint density at radius 1 is 1.24 bits per heavy atom. The van der Waals surface area contributed by atoms with Crippen LogP contribution in [-0.4, -0.2) is 5.11 Å². The Morgan fingerprint density at radius 2 is 2.00 bits per heavy atom. The zero-order valence-electron chi connectivity index (χ0n) is 10.2. The Labute approximate surface area is 109 Å². The maximum Gasteiger partial charge on any atom is 0.0790 e. The second kappa shape index (κ2) is 6.42. The summed E-state index contributed by atoms with van der Waals surface area (Å²) >= 11 is 5.93. The molecule has 1 fully saturated rings. The SMILES string of the molecule is OC(CCC1CCCCC1)c1cccc(Cl)c1. The Morgan fingerprint density at radius 3 is 2.71 bits per heavy atom. The predicted octanol–water partition coefficient (Wildman–Crippen LogP) is 4.73. The van der Waals surface area contributed by atoms with Gasteiger partial charge in [0.2, 0.25) is 0 Å². The molecule has 1 unspecified atom stereocenters. The van der Waals surface area contributed by atoms with Gasteiger partial charge in [-0.25, -0.2) is 0 Å². The van der Waals surface area contributed by atoms with Crippen molar-refractivity contribution < 1.29 is 5.11 Å². The Bertz CT molecular complexity index is 345. The molecule has 0 saturated heterocycles. The smallest absolute Gasteiger partial charge is 0.0790 e. The summed E-state index contributed by atoms with van der Waals surface area (Å²) in [6, 6.07) is 7.57. The van der Waals surface area contributed by atoms with Crippen LogP contribution in [0.25, 0.3) is 0 Å². The molecule has 17 heavy (non-hydrogen) atoms. The highest BCUT2D eigenvalue weighted by molar-refractivity contribution is 6.30. The van der Waals surface area contributed by atoms with E-state index in [2.05, 4.69) is 0 Å². The van der Waals surface area contributed by atoms with Gasteiger partial charge in [-0.3, -0.25) is 0 Å². The third-order valence-electron chi connectivity index (χ3n) is 3.81. The van der Waals surface area contributed by atoms with Gasteiger partial charge in [0.15, 0.2) is 0 Å². The van der Waals surface area contributed by atoms with E-state index in [9.17, 15) is 5.11 Å². The average Bonchev–Trinajstić information content (AvgIpc) is 2.37. The van der Waals surface area contributed by atoms with Crippen molar-refractivity contribution in [3.05, 3.63) is 34.9 Å². The zero-order chi connectivity index (χ0) is 12.1. The second-order valence-electron chi connectivity index (χ2n) is 5.15. The molecule has 0 spiro atoms. The van der Waals surface area contributed by atoms with Gasteiger partial charge in [0.05, 0.1) is 6.10 Å². The lowest BCUT2D eigenvalue weighted by molar-refractivity contribution is 0.151. The van der Waals surface area contributed by atoms with E-state index < -0.39 is 0 Å². The number of rotatable bonds is 4. The fourth-order valence-electron chi connectivity index (χ4n) is 2.75. The summed E-state index contributed by atoms with van der Waals surface area (Å²) in [7, 11) is 0. The lowest BCUT2D eigenvalue weighted by Gasteiger charge is -2.22. The number of benzene rings is 1. The predicted molar refractivity (Wildman–Crippen MR) is 72.2 cm³/mol. The molecule has 1 aromatic carbocycles. The minimum atomic E-state index is -0.351. The molecule has 1 aliphatic rings. The van der Waals surface area contributed by atoms with Crippen molar-refractivity contribution >= 4 is 11.6 Å². The minimum absolute atomic E-state index is 0.351. The van der Waals surface area contributed by atoms with Crippen LogP contribution >= 0.6 is 11.6 Å². The van der Waals surface area contributed by atoms with Crippen LogP contribution in [0.2, 0.25) is 5.02 Å². The topological polar surface area (TPSA) is 20.2 Å². The Balaban J connectivity index is 1.82. The van der Waals surface area contributed by atoms with Crippen LogP contribution in [0.1, 0.15) is 56.6 Å². The van der Waals surface area contributed by atoms with Gasteiger partial charge in [0.1, 0.15) is 0 Å². The second-order valence-corrected chi connectivity index (χ2v) is 5.59. The van der Waals surface area contributed by atoms with Crippen molar-refractivity contribution in [2.45, 2.75) is 51.0 Å². The summed E-state index contributed by atoms with van der Waals surface area (Å²) in [6.45, 7) is 0. The largest absolute Gasteiger partial charge is 0.388 e. The summed E-state index contributed by atoms with van der Waals surface area (Å²) in [5.41, 5.74) is 0.952. The molecule has 2 rings (SSSR count). The summed E-state index contributed by atoms with van der Waals surface area (Å²) in [6.07, 6.45) is 8.50. The molecule has 1 aliphatic carbocycles. The van der Waals surface area contributed by atoms with Gasteiger partial charge in [-0.15, -0.1) is 0 Å². The molecular formula is C15H21ClO. The van der Waals surface area contributed by atoms with E-state index in [1.807, 2.05) is 24.3 Å². The Hall–Kier alpha value is -0.530. The van der Waals surface area contributed by atoms with Crippen LogP contribution in [0, 0.1) is 5.92 Å². The van der Waals surface area contributed by atoms with Crippen LogP contribution < -0.4 is 0 Å². The van der Waals surface area contributed by atoms with Gasteiger partial charge in [-0.1, -0.05) is 55.8 Å². The summed E-state index contributed by atoms with van der Waals surface area (Å²) in [5, 5.41) is 10.8. The normalized spacial score (nSPS) is 19.2. The van der Waals surface area contributed by atoms with Crippen molar-refractivity contribution in [3.63, 3.8) is 0 Å². The molecule has 2 heteroatoms. The molecule has 0 amide bonds. The van der Waals surface area contributed by atoms with Crippen molar-refractivity contribution in [2.75, 3.05) is 0 Å². The fourth-order valence-corrected chi connectivity index (χ4v) is 2.95. The quantitative estimate of drug-likeness (QED) is 0.821. The maximum absolute atomic E-state index is 10.1. The van der Waals surface area contributed by atoms with Gasteiger partial charge in [-0.2, -0.15) is 0 Å². The lowest BCUT2D eigenvalue weighted by Crippen LogP contribution is -2.08. The van der Waals surface area contributed by atoms with Crippen molar-refractivity contribution in [1.29, 1.82) is 0 Å². The molecule has 1 aromatic rings. The molecule has 1 nitrogen and oxygen atoms in total. The van der Waals surface area contributed by atoms with E-state index in [1.165, 1.54) is 32.1 Å². The van der Waals surface area contributed by atoms with E-state index in [0.717, 1.165) is 24.3 Å². The minimum Gasteiger partial charge on any atom is -0.388 e. The molecular weight excluding hydrogens is 232 g/mol. The highest BCUT2D eigenvalue weighted by atomic mass is 35.5. The third-order valence-corrected chi connectivity index (χ3v) is 4.04. The van der Waals surface area contributed by atoms with Crippen molar-refractivity contribution in [1.82, 2.24) is 0 Å². The molecule has 1 saturated carbocycles. The number of aliphatic hydroxyl groups excluding tert-OH is 1. The molecule has 0 aliphatic heterocycles. The van der Waals surface area contributed by atoms with E-state index in [1.54, 1.807) is 0 Å². The van der Waals surface area contributed by atoms with Gasteiger partial charge < -0.3 is 5.11 Å². The standard InChI is InChI=1S/C15H21ClO/c16-14-8-4-7-13(11-14)15(17)10-9-12-5-2-1-3-6-12/h4,7-8,11-12,15,17H,1-3,5-6,9-10H2.